The summed E-state index contributed by atoms with van der Waals surface area (Å²) in [5.41, 5.74) is 7.42. The Bertz CT molecular complexity index is 833. The van der Waals surface area contributed by atoms with Crippen LogP contribution in [0.5, 0.6) is 0 Å². The van der Waals surface area contributed by atoms with Gasteiger partial charge in [-0.15, -0.1) is 11.8 Å². The molecule has 2 N–H and O–H groups in total. The van der Waals surface area contributed by atoms with Crippen LogP contribution >= 0.6 is 11.8 Å². The van der Waals surface area contributed by atoms with Crippen LogP contribution in [0.15, 0.2) is 59.5 Å². The second-order valence-electron chi connectivity index (χ2n) is 7.45. The molecule has 6 heteroatoms. The number of hydrogen-bond acceptors (Lipinski definition) is 5. The van der Waals surface area contributed by atoms with Gasteiger partial charge in [0.1, 0.15) is 18.2 Å². The van der Waals surface area contributed by atoms with Crippen LogP contribution in [-0.4, -0.2) is 30.1 Å². The van der Waals surface area contributed by atoms with E-state index in [1.807, 2.05) is 54.6 Å². The van der Waals surface area contributed by atoms with Gasteiger partial charge in [-0.05, 0) is 38.5 Å². The van der Waals surface area contributed by atoms with Gasteiger partial charge in [-0.1, -0.05) is 42.5 Å². The van der Waals surface area contributed by atoms with Crippen molar-refractivity contribution in [2.75, 3.05) is 11.4 Å². The maximum absolute atomic E-state index is 13.2. The number of carbonyl (C=O) groups is 2. The number of anilines is 1. The van der Waals surface area contributed by atoms with Crippen molar-refractivity contribution >= 4 is 29.3 Å². The highest BCUT2D eigenvalue weighted by Gasteiger charge is 2.37. The molecule has 0 saturated heterocycles. The molecule has 0 radical (unpaired) electrons. The van der Waals surface area contributed by atoms with E-state index in [0.29, 0.717) is 5.69 Å². The molecule has 142 valence electrons. The number of fused-ring (bicyclic) bond motifs is 1. The minimum Gasteiger partial charge on any atom is -0.459 e. The smallest absolute Gasteiger partial charge is 0.326 e. The van der Waals surface area contributed by atoms with Crippen LogP contribution in [0.1, 0.15) is 31.6 Å². The Kier molecular flexibility index (Phi) is 5.58. The molecule has 2 aromatic carbocycles. The molecule has 1 aliphatic rings. The lowest BCUT2D eigenvalue weighted by atomic mass is 10.0. The molecule has 1 aliphatic heterocycles. The number of carbonyl (C=O) groups excluding carboxylic acids is 2. The predicted molar refractivity (Wildman–Crippen MR) is 108 cm³/mol. The van der Waals surface area contributed by atoms with E-state index in [1.54, 1.807) is 32.5 Å². The quantitative estimate of drug-likeness (QED) is 0.820. The minimum absolute atomic E-state index is 0.164. The summed E-state index contributed by atoms with van der Waals surface area (Å²) in [6, 6.07) is 16.5. The van der Waals surface area contributed by atoms with Gasteiger partial charge in [0.05, 0.1) is 10.9 Å². The lowest BCUT2D eigenvalue weighted by Crippen LogP contribution is -2.48. The van der Waals surface area contributed by atoms with Crippen LogP contribution in [0.4, 0.5) is 5.69 Å². The largest absolute Gasteiger partial charge is 0.459 e. The van der Waals surface area contributed by atoms with Crippen LogP contribution in [0.3, 0.4) is 0 Å². The number of thioether (sulfide) groups is 1. The van der Waals surface area contributed by atoms with Crippen molar-refractivity contribution in [1.29, 1.82) is 0 Å². The van der Waals surface area contributed by atoms with Gasteiger partial charge in [0.25, 0.3) is 0 Å². The van der Waals surface area contributed by atoms with Crippen LogP contribution in [-0.2, 0) is 14.3 Å². The molecule has 0 spiro atoms. The first-order valence-corrected chi connectivity index (χ1v) is 9.74. The minimum atomic E-state index is -0.771. The van der Waals surface area contributed by atoms with E-state index in [4.69, 9.17) is 10.5 Å². The average molecular weight is 385 g/mol. The monoisotopic (exact) mass is 384 g/mol. The summed E-state index contributed by atoms with van der Waals surface area (Å²) in [7, 11) is 0. The van der Waals surface area contributed by atoms with Crippen molar-refractivity contribution in [3.05, 3.63) is 60.2 Å². The first-order chi connectivity index (χ1) is 12.8. The molecule has 5 nitrogen and oxygen atoms in total. The number of amides is 1. The number of para-hydroxylation sites is 1. The summed E-state index contributed by atoms with van der Waals surface area (Å²) in [6.45, 7) is 5.24. The zero-order valence-electron chi connectivity index (χ0n) is 15.7. The van der Waals surface area contributed by atoms with Gasteiger partial charge in [-0.25, -0.2) is 0 Å². The Morgan fingerprint density at radius 3 is 2.41 bits per heavy atom. The molecule has 0 unspecified atom stereocenters. The summed E-state index contributed by atoms with van der Waals surface area (Å²) in [4.78, 5) is 27.9. The summed E-state index contributed by atoms with van der Waals surface area (Å²) >= 11 is 1.55. The van der Waals surface area contributed by atoms with Crippen molar-refractivity contribution in [2.45, 2.75) is 42.6 Å². The first kappa shape index (κ1) is 19.5. The Labute approximate surface area is 163 Å². The van der Waals surface area contributed by atoms with Crippen molar-refractivity contribution in [2.24, 2.45) is 5.73 Å². The molecule has 0 aliphatic carbocycles. The van der Waals surface area contributed by atoms with Crippen LogP contribution in [0.2, 0.25) is 0 Å². The molecular formula is C21H24N2O3S. The molecule has 0 fully saturated rings. The number of benzene rings is 2. The van der Waals surface area contributed by atoms with E-state index in [2.05, 4.69) is 0 Å². The van der Waals surface area contributed by atoms with Gasteiger partial charge < -0.3 is 10.5 Å². The third kappa shape index (κ3) is 4.51. The summed E-state index contributed by atoms with van der Waals surface area (Å²) in [6.07, 6.45) is 0. The fourth-order valence-electron chi connectivity index (χ4n) is 3.00. The van der Waals surface area contributed by atoms with Crippen LogP contribution < -0.4 is 10.6 Å². The zero-order valence-corrected chi connectivity index (χ0v) is 16.5. The Hall–Kier alpha value is -2.31. The van der Waals surface area contributed by atoms with Crippen molar-refractivity contribution in [3.63, 3.8) is 0 Å². The topological polar surface area (TPSA) is 72.6 Å². The summed E-state index contributed by atoms with van der Waals surface area (Å²) in [5, 5.41) is -0.233. The second-order valence-corrected chi connectivity index (χ2v) is 8.64. The molecule has 1 heterocycles. The second kappa shape index (κ2) is 7.74. The maximum Gasteiger partial charge on any atom is 0.326 e. The van der Waals surface area contributed by atoms with Crippen LogP contribution in [0, 0.1) is 0 Å². The predicted octanol–water partition coefficient (Wildman–Crippen LogP) is 3.54. The van der Waals surface area contributed by atoms with Gasteiger partial charge in [0, 0.05) is 4.90 Å². The van der Waals surface area contributed by atoms with Crippen LogP contribution in [0.25, 0.3) is 0 Å². The molecular weight excluding hydrogens is 360 g/mol. The first-order valence-electron chi connectivity index (χ1n) is 8.86. The third-order valence-electron chi connectivity index (χ3n) is 4.12. The molecule has 0 saturated carbocycles. The molecule has 0 aromatic heterocycles. The normalized spacial score (nSPS) is 20.0. The molecule has 0 bridgehead atoms. The fourth-order valence-corrected chi connectivity index (χ4v) is 4.29. The number of ether oxygens (including phenoxy) is 1. The zero-order chi connectivity index (χ0) is 19.6. The van der Waals surface area contributed by atoms with E-state index in [9.17, 15) is 9.59 Å². The number of esters is 1. The Balaban J connectivity index is 1.96. The number of hydrogen-bond donors (Lipinski definition) is 1. The average Bonchev–Trinajstić information content (AvgIpc) is 2.72. The van der Waals surface area contributed by atoms with Crippen molar-refractivity contribution in [1.82, 2.24) is 0 Å². The lowest BCUT2D eigenvalue weighted by molar-refractivity contribution is -0.153. The highest BCUT2D eigenvalue weighted by atomic mass is 32.2. The van der Waals surface area contributed by atoms with Gasteiger partial charge in [0.15, 0.2) is 0 Å². The lowest BCUT2D eigenvalue weighted by Gasteiger charge is -2.27. The van der Waals surface area contributed by atoms with Gasteiger partial charge in [0.2, 0.25) is 5.91 Å². The molecule has 3 rings (SSSR count). The highest BCUT2D eigenvalue weighted by Crippen LogP contribution is 2.44. The fraction of sp³-hybridized carbons (Fsp3) is 0.333. The molecule has 2 aromatic rings. The van der Waals surface area contributed by atoms with Gasteiger partial charge in [-0.3, -0.25) is 14.5 Å². The summed E-state index contributed by atoms with van der Waals surface area (Å²) < 4.78 is 5.41. The highest BCUT2D eigenvalue weighted by molar-refractivity contribution is 7.99. The van der Waals surface area contributed by atoms with E-state index in [1.165, 1.54) is 4.90 Å². The number of rotatable bonds is 3. The van der Waals surface area contributed by atoms with E-state index in [0.717, 1.165) is 10.5 Å². The molecule has 1 amide bonds. The van der Waals surface area contributed by atoms with Gasteiger partial charge in [-0.2, -0.15) is 0 Å². The maximum atomic E-state index is 13.2. The summed E-state index contributed by atoms with van der Waals surface area (Å²) in [5.74, 6) is -0.742. The third-order valence-corrected chi connectivity index (χ3v) is 5.54. The van der Waals surface area contributed by atoms with Gasteiger partial charge >= 0.3 is 5.97 Å². The standard InChI is InChI=1S/C21H24N2O3S/c1-21(2,3)26-17(24)13-23-15-11-7-8-12-16(15)27-19(18(22)20(23)25)14-9-5-4-6-10-14/h4-12,18-19H,13,22H2,1-3H3/t18-,19-/m1/s1. The molecule has 27 heavy (non-hydrogen) atoms. The van der Waals surface area contributed by atoms with Crippen molar-refractivity contribution < 1.29 is 14.3 Å². The molecule has 2 atom stereocenters. The Morgan fingerprint density at radius 2 is 1.74 bits per heavy atom. The van der Waals surface area contributed by atoms with E-state index < -0.39 is 17.6 Å². The number of nitrogens with two attached hydrogens (primary N) is 1. The number of nitrogens with zero attached hydrogens (tertiary/aromatic N) is 1. The van der Waals surface area contributed by atoms with E-state index >= 15 is 0 Å². The Morgan fingerprint density at radius 1 is 1.11 bits per heavy atom. The SMILES string of the molecule is CC(C)(C)OC(=O)CN1C(=O)[C@H](N)[C@@H](c2ccccc2)Sc2ccccc21. The van der Waals surface area contributed by atoms with Crippen molar-refractivity contribution in [3.8, 4) is 0 Å². The van der Waals surface area contributed by atoms with E-state index in [-0.39, 0.29) is 17.7 Å².